The molecule has 0 spiro atoms. The maximum absolute atomic E-state index is 12.8. The summed E-state index contributed by atoms with van der Waals surface area (Å²) in [5, 5.41) is 3.19. The van der Waals surface area contributed by atoms with Gasteiger partial charge in [-0.25, -0.2) is 0 Å². The van der Waals surface area contributed by atoms with Crippen LogP contribution in [0.4, 0.5) is 0 Å². The predicted molar refractivity (Wildman–Crippen MR) is 105 cm³/mol. The zero-order valence-corrected chi connectivity index (χ0v) is 15.3. The lowest BCUT2D eigenvalue weighted by Gasteiger charge is -2.22. The van der Waals surface area contributed by atoms with Gasteiger partial charge < -0.3 is 10.1 Å². The Morgan fingerprint density at radius 2 is 1.62 bits per heavy atom. The van der Waals surface area contributed by atoms with Crippen LogP contribution in [0.1, 0.15) is 38.7 Å². The first-order chi connectivity index (χ1) is 12.6. The second kappa shape index (κ2) is 7.87. The van der Waals surface area contributed by atoms with Gasteiger partial charge in [0.15, 0.2) is 0 Å². The van der Waals surface area contributed by atoms with Crippen molar-refractivity contribution in [2.75, 3.05) is 7.11 Å². The lowest BCUT2D eigenvalue weighted by Crippen LogP contribution is -2.29. The Bertz CT molecular complexity index is 886. The lowest BCUT2D eigenvalue weighted by atomic mass is 9.93. The predicted octanol–water partition coefficient (Wildman–Crippen LogP) is 4.83. The third kappa shape index (κ3) is 3.94. The first-order valence-corrected chi connectivity index (χ1v) is 8.65. The van der Waals surface area contributed by atoms with E-state index in [1.807, 2.05) is 30.3 Å². The summed E-state index contributed by atoms with van der Waals surface area (Å²) in [5.74, 6) is 0.623. The van der Waals surface area contributed by atoms with E-state index in [1.54, 1.807) is 31.4 Å². The molecule has 0 heterocycles. The molecule has 3 aromatic carbocycles. The molecule has 26 heavy (non-hydrogen) atoms. The monoisotopic (exact) mass is 345 g/mol. The number of ether oxygens (including phenoxy) is 1. The van der Waals surface area contributed by atoms with Crippen LogP contribution < -0.4 is 10.1 Å². The van der Waals surface area contributed by atoms with Crippen molar-refractivity contribution in [3.05, 3.63) is 101 Å². The third-order valence-corrected chi connectivity index (χ3v) is 4.51. The summed E-state index contributed by atoms with van der Waals surface area (Å²) in [4.78, 5) is 12.8. The van der Waals surface area contributed by atoms with Crippen LogP contribution in [0.25, 0.3) is 0 Å². The highest BCUT2D eigenvalue weighted by atomic mass is 16.5. The van der Waals surface area contributed by atoms with Gasteiger partial charge in [0.2, 0.25) is 0 Å². The highest BCUT2D eigenvalue weighted by molar-refractivity contribution is 5.94. The number of carbonyl (C=O) groups excluding carboxylic acids is 1. The van der Waals surface area contributed by atoms with E-state index in [4.69, 9.17) is 4.74 Å². The summed E-state index contributed by atoms with van der Waals surface area (Å²) in [5.41, 5.74) is 5.10. The molecule has 0 saturated carbocycles. The fraction of sp³-hybridized carbons (Fsp3) is 0.174. The minimum Gasteiger partial charge on any atom is -0.497 e. The Morgan fingerprint density at radius 1 is 0.923 bits per heavy atom. The Hall–Kier alpha value is -3.07. The third-order valence-electron chi connectivity index (χ3n) is 4.51. The number of hydrogen-bond acceptors (Lipinski definition) is 2. The molecule has 3 rings (SSSR count). The van der Waals surface area contributed by atoms with Gasteiger partial charge in [-0.05, 0) is 54.8 Å². The van der Waals surface area contributed by atoms with E-state index in [1.165, 1.54) is 5.56 Å². The Labute approximate surface area is 154 Å². The first-order valence-electron chi connectivity index (χ1n) is 8.65. The molecule has 3 aromatic rings. The van der Waals surface area contributed by atoms with E-state index in [9.17, 15) is 4.79 Å². The molecular formula is C23H23NO2. The van der Waals surface area contributed by atoms with Gasteiger partial charge >= 0.3 is 0 Å². The minimum absolute atomic E-state index is 0.109. The largest absolute Gasteiger partial charge is 0.497 e. The number of amides is 1. The number of nitrogens with one attached hydrogen (secondary N) is 1. The van der Waals surface area contributed by atoms with Crippen molar-refractivity contribution in [2.45, 2.75) is 19.9 Å². The maximum atomic E-state index is 12.8. The van der Waals surface area contributed by atoms with Crippen LogP contribution in [-0.2, 0) is 0 Å². The molecule has 3 heteroatoms. The van der Waals surface area contributed by atoms with Crippen LogP contribution >= 0.6 is 0 Å². The summed E-state index contributed by atoms with van der Waals surface area (Å²) in [6.07, 6.45) is 0. The highest BCUT2D eigenvalue weighted by Gasteiger charge is 2.19. The fourth-order valence-electron chi connectivity index (χ4n) is 3.01. The number of benzene rings is 3. The smallest absolute Gasteiger partial charge is 0.252 e. The average molecular weight is 345 g/mol. The van der Waals surface area contributed by atoms with Crippen molar-refractivity contribution < 1.29 is 9.53 Å². The fourth-order valence-corrected chi connectivity index (χ4v) is 3.01. The molecule has 1 amide bonds. The van der Waals surface area contributed by atoms with E-state index in [-0.39, 0.29) is 11.9 Å². The maximum Gasteiger partial charge on any atom is 0.252 e. The zero-order valence-electron chi connectivity index (χ0n) is 15.3. The quantitative estimate of drug-likeness (QED) is 0.719. The normalized spacial score (nSPS) is 11.7. The molecule has 0 saturated heterocycles. The molecule has 0 aromatic heterocycles. The second-order valence-corrected chi connectivity index (χ2v) is 6.41. The SMILES string of the molecule is COc1ccc(C(=O)NC(c2ccccc2)c2cc(C)ccc2C)cc1. The van der Waals surface area contributed by atoms with E-state index in [2.05, 4.69) is 37.4 Å². The van der Waals surface area contributed by atoms with E-state index >= 15 is 0 Å². The standard InChI is InChI=1S/C23H23NO2/c1-16-9-10-17(2)21(15-16)22(18-7-5-4-6-8-18)24-23(25)19-11-13-20(26-3)14-12-19/h4-15,22H,1-3H3,(H,24,25). The molecule has 132 valence electrons. The van der Waals surface area contributed by atoms with E-state index in [0.29, 0.717) is 5.56 Å². The lowest BCUT2D eigenvalue weighted by molar-refractivity contribution is 0.0943. The van der Waals surface area contributed by atoms with Gasteiger partial charge in [0, 0.05) is 5.56 Å². The van der Waals surface area contributed by atoms with Gasteiger partial charge in [0.05, 0.1) is 13.2 Å². The molecule has 3 nitrogen and oxygen atoms in total. The van der Waals surface area contributed by atoms with Gasteiger partial charge in [-0.2, -0.15) is 0 Å². The summed E-state index contributed by atoms with van der Waals surface area (Å²) < 4.78 is 5.17. The van der Waals surface area contributed by atoms with Gasteiger partial charge in [0.25, 0.3) is 5.91 Å². The Morgan fingerprint density at radius 3 is 2.27 bits per heavy atom. The molecule has 0 aliphatic rings. The number of hydrogen-bond donors (Lipinski definition) is 1. The molecule has 0 fully saturated rings. The molecule has 1 unspecified atom stereocenters. The number of aryl methyl sites for hydroxylation is 2. The van der Waals surface area contributed by atoms with E-state index in [0.717, 1.165) is 22.4 Å². The summed E-state index contributed by atoms with van der Waals surface area (Å²) in [6.45, 7) is 4.14. The van der Waals surface area contributed by atoms with Gasteiger partial charge in [0.1, 0.15) is 5.75 Å². The van der Waals surface area contributed by atoms with Crippen LogP contribution in [0.3, 0.4) is 0 Å². The summed E-state index contributed by atoms with van der Waals surface area (Å²) in [7, 11) is 1.61. The highest BCUT2D eigenvalue weighted by Crippen LogP contribution is 2.26. The topological polar surface area (TPSA) is 38.3 Å². The molecule has 0 aliphatic carbocycles. The molecule has 0 aliphatic heterocycles. The average Bonchev–Trinajstić information content (AvgIpc) is 2.68. The number of rotatable bonds is 5. The summed E-state index contributed by atoms with van der Waals surface area (Å²) >= 11 is 0. The number of methoxy groups -OCH3 is 1. The first kappa shape index (κ1) is 17.7. The van der Waals surface area contributed by atoms with Gasteiger partial charge in [-0.15, -0.1) is 0 Å². The molecule has 0 bridgehead atoms. The van der Waals surface area contributed by atoms with Crippen LogP contribution in [0.15, 0.2) is 72.8 Å². The van der Waals surface area contributed by atoms with Crippen molar-refractivity contribution in [3.8, 4) is 5.75 Å². The number of carbonyl (C=O) groups is 1. The zero-order chi connectivity index (χ0) is 18.5. The Kier molecular flexibility index (Phi) is 5.37. The molecule has 0 radical (unpaired) electrons. The van der Waals surface area contributed by atoms with E-state index < -0.39 is 0 Å². The van der Waals surface area contributed by atoms with Gasteiger partial charge in [-0.3, -0.25) is 4.79 Å². The van der Waals surface area contributed by atoms with Crippen LogP contribution in [-0.4, -0.2) is 13.0 Å². The van der Waals surface area contributed by atoms with Crippen molar-refractivity contribution in [1.82, 2.24) is 5.32 Å². The minimum atomic E-state index is -0.203. The molecule has 1 atom stereocenters. The van der Waals surface area contributed by atoms with Crippen molar-refractivity contribution >= 4 is 5.91 Å². The second-order valence-electron chi connectivity index (χ2n) is 6.41. The van der Waals surface area contributed by atoms with Crippen LogP contribution in [0, 0.1) is 13.8 Å². The van der Waals surface area contributed by atoms with Crippen molar-refractivity contribution in [3.63, 3.8) is 0 Å². The van der Waals surface area contributed by atoms with Crippen molar-refractivity contribution in [2.24, 2.45) is 0 Å². The van der Waals surface area contributed by atoms with Crippen molar-refractivity contribution in [1.29, 1.82) is 0 Å². The van der Waals surface area contributed by atoms with Crippen LogP contribution in [0.2, 0.25) is 0 Å². The Balaban J connectivity index is 1.95. The summed E-state index contributed by atoms with van der Waals surface area (Å²) in [6, 6.07) is 23.3. The van der Waals surface area contributed by atoms with Crippen LogP contribution in [0.5, 0.6) is 5.75 Å². The molecule has 1 N–H and O–H groups in total. The van der Waals surface area contributed by atoms with Gasteiger partial charge in [-0.1, -0.05) is 54.1 Å². The molecular weight excluding hydrogens is 322 g/mol.